The van der Waals surface area contributed by atoms with Crippen LogP contribution in [0.25, 0.3) is 0 Å². The van der Waals surface area contributed by atoms with E-state index in [-0.39, 0.29) is 0 Å². The van der Waals surface area contributed by atoms with Crippen molar-refractivity contribution in [3.8, 4) is 0 Å². The van der Waals surface area contributed by atoms with Gasteiger partial charge in [-0.2, -0.15) is 13.2 Å². The van der Waals surface area contributed by atoms with E-state index in [1.165, 1.54) is 11.2 Å². The van der Waals surface area contributed by atoms with Gasteiger partial charge in [0.1, 0.15) is 0 Å². The van der Waals surface area contributed by atoms with Gasteiger partial charge in [-0.25, -0.2) is 0 Å². The van der Waals surface area contributed by atoms with Gasteiger partial charge in [0.05, 0.1) is 19.4 Å². The van der Waals surface area contributed by atoms with Crippen molar-refractivity contribution in [3.05, 3.63) is 12.8 Å². The lowest BCUT2D eigenvalue weighted by molar-refractivity contribution is -0.148. The fourth-order valence-electron chi connectivity index (χ4n) is 2.09. The summed E-state index contributed by atoms with van der Waals surface area (Å²) >= 11 is 0. The summed E-state index contributed by atoms with van der Waals surface area (Å²) in [6.07, 6.45) is -0.233. The highest BCUT2D eigenvalue weighted by Gasteiger charge is 2.32. The SMILES string of the molecule is C=COCCCNC1CCN(CC(F)(F)F)CC1. The van der Waals surface area contributed by atoms with E-state index in [2.05, 4.69) is 11.9 Å². The molecule has 1 N–H and O–H groups in total. The number of nitrogens with zero attached hydrogens (tertiary/aromatic N) is 1. The Balaban J connectivity index is 2.06. The maximum atomic E-state index is 12.2. The first-order chi connectivity index (χ1) is 8.51. The van der Waals surface area contributed by atoms with Crippen molar-refractivity contribution < 1.29 is 17.9 Å². The molecule has 0 spiro atoms. The van der Waals surface area contributed by atoms with E-state index in [4.69, 9.17) is 4.74 Å². The summed E-state index contributed by atoms with van der Waals surface area (Å²) in [5.74, 6) is 0. The summed E-state index contributed by atoms with van der Waals surface area (Å²) in [4.78, 5) is 1.47. The standard InChI is InChI=1S/C12H21F3N2O/c1-2-18-9-3-6-16-11-4-7-17(8-5-11)10-12(13,14)15/h2,11,16H,1,3-10H2. The minimum Gasteiger partial charge on any atom is -0.502 e. The van der Waals surface area contributed by atoms with Crippen molar-refractivity contribution in [1.29, 1.82) is 0 Å². The predicted molar refractivity (Wildman–Crippen MR) is 64.3 cm³/mol. The van der Waals surface area contributed by atoms with Crippen molar-refractivity contribution in [2.45, 2.75) is 31.5 Å². The van der Waals surface area contributed by atoms with E-state index in [1.54, 1.807) is 0 Å². The van der Waals surface area contributed by atoms with Crippen LogP contribution in [0.4, 0.5) is 13.2 Å². The van der Waals surface area contributed by atoms with Crippen LogP contribution >= 0.6 is 0 Å². The third-order valence-electron chi connectivity index (χ3n) is 2.98. The van der Waals surface area contributed by atoms with Crippen LogP contribution in [0.5, 0.6) is 0 Å². The zero-order valence-corrected chi connectivity index (χ0v) is 10.5. The van der Waals surface area contributed by atoms with E-state index in [0.29, 0.717) is 25.7 Å². The van der Waals surface area contributed by atoms with Gasteiger partial charge in [-0.15, -0.1) is 0 Å². The minimum absolute atomic E-state index is 0.332. The Morgan fingerprint density at radius 2 is 2.00 bits per heavy atom. The molecule has 6 heteroatoms. The molecule has 0 radical (unpaired) electrons. The Labute approximate surface area is 106 Å². The maximum Gasteiger partial charge on any atom is 0.401 e. The van der Waals surface area contributed by atoms with Crippen molar-refractivity contribution >= 4 is 0 Å². The number of piperidine rings is 1. The number of hydrogen-bond acceptors (Lipinski definition) is 3. The van der Waals surface area contributed by atoms with E-state index in [9.17, 15) is 13.2 Å². The van der Waals surface area contributed by atoms with Crippen molar-refractivity contribution in [2.75, 3.05) is 32.8 Å². The quantitative estimate of drug-likeness (QED) is 0.564. The monoisotopic (exact) mass is 266 g/mol. The Morgan fingerprint density at radius 3 is 2.56 bits per heavy atom. The van der Waals surface area contributed by atoms with E-state index in [0.717, 1.165) is 25.8 Å². The third-order valence-corrected chi connectivity index (χ3v) is 2.98. The molecule has 1 aliphatic rings. The van der Waals surface area contributed by atoms with E-state index < -0.39 is 12.7 Å². The minimum atomic E-state index is -4.08. The molecule has 0 unspecified atom stereocenters. The van der Waals surface area contributed by atoms with Gasteiger partial charge in [-0.05, 0) is 38.9 Å². The molecule has 1 aliphatic heterocycles. The largest absolute Gasteiger partial charge is 0.502 e. The molecule has 0 aromatic heterocycles. The van der Waals surface area contributed by atoms with Crippen LogP contribution in [0, 0.1) is 0 Å². The van der Waals surface area contributed by atoms with Gasteiger partial charge < -0.3 is 10.1 Å². The van der Waals surface area contributed by atoms with Crippen molar-refractivity contribution in [1.82, 2.24) is 10.2 Å². The second-order valence-corrected chi connectivity index (χ2v) is 4.51. The number of nitrogens with one attached hydrogen (secondary N) is 1. The molecule has 0 aromatic carbocycles. The Hall–Kier alpha value is -0.750. The van der Waals surface area contributed by atoms with E-state index >= 15 is 0 Å². The molecule has 0 bridgehead atoms. The van der Waals surface area contributed by atoms with Crippen LogP contribution in [-0.4, -0.2) is 49.9 Å². The second-order valence-electron chi connectivity index (χ2n) is 4.51. The zero-order valence-electron chi connectivity index (χ0n) is 10.5. The van der Waals surface area contributed by atoms with Crippen molar-refractivity contribution in [2.24, 2.45) is 0 Å². The molecular weight excluding hydrogens is 245 g/mol. The smallest absolute Gasteiger partial charge is 0.401 e. The molecule has 0 aromatic rings. The molecule has 1 heterocycles. The van der Waals surface area contributed by atoms with Crippen LogP contribution in [0.2, 0.25) is 0 Å². The second kappa shape index (κ2) is 7.63. The van der Waals surface area contributed by atoms with Gasteiger partial charge in [-0.1, -0.05) is 6.58 Å². The molecule has 1 fully saturated rings. The van der Waals surface area contributed by atoms with Gasteiger partial charge in [-0.3, -0.25) is 4.90 Å². The Bertz CT molecular complexity index is 238. The van der Waals surface area contributed by atoms with Gasteiger partial charge in [0.15, 0.2) is 0 Å². The summed E-state index contributed by atoms with van der Waals surface area (Å²) in [6.45, 7) is 5.15. The summed E-state index contributed by atoms with van der Waals surface area (Å²) in [5, 5.41) is 3.34. The molecule has 18 heavy (non-hydrogen) atoms. The molecule has 1 saturated heterocycles. The lowest BCUT2D eigenvalue weighted by Gasteiger charge is -2.32. The molecule has 0 saturated carbocycles. The molecule has 0 amide bonds. The molecule has 0 atom stereocenters. The van der Waals surface area contributed by atoms with Crippen LogP contribution in [0.1, 0.15) is 19.3 Å². The number of alkyl halides is 3. The fourth-order valence-corrected chi connectivity index (χ4v) is 2.09. The number of halogens is 3. The first-order valence-electron chi connectivity index (χ1n) is 6.26. The summed E-state index contributed by atoms with van der Waals surface area (Å²) < 4.78 is 41.5. The van der Waals surface area contributed by atoms with Crippen LogP contribution in [0.3, 0.4) is 0 Å². The van der Waals surface area contributed by atoms with Gasteiger partial charge in [0.2, 0.25) is 0 Å². The first-order valence-corrected chi connectivity index (χ1v) is 6.26. The number of likely N-dealkylation sites (tertiary alicyclic amines) is 1. The highest BCUT2D eigenvalue weighted by atomic mass is 19.4. The van der Waals surface area contributed by atoms with Gasteiger partial charge >= 0.3 is 6.18 Å². The average Bonchev–Trinajstić information content (AvgIpc) is 2.29. The lowest BCUT2D eigenvalue weighted by Crippen LogP contribution is -2.45. The molecule has 0 aliphatic carbocycles. The summed E-state index contributed by atoms with van der Waals surface area (Å²) in [6, 6.07) is 0.332. The molecule has 106 valence electrons. The number of hydrogen-bond donors (Lipinski definition) is 1. The summed E-state index contributed by atoms with van der Waals surface area (Å²) in [5.41, 5.74) is 0. The van der Waals surface area contributed by atoms with Crippen LogP contribution in [-0.2, 0) is 4.74 Å². The topological polar surface area (TPSA) is 24.5 Å². The number of ether oxygens (including phenoxy) is 1. The van der Waals surface area contributed by atoms with Crippen LogP contribution < -0.4 is 5.32 Å². The molecule has 3 nitrogen and oxygen atoms in total. The lowest BCUT2D eigenvalue weighted by atomic mass is 10.1. The molecular formula is C12H21F3N2O. The highest BCUT2D eigenvalue weighted by Crippen LogP contribution is 2.19. The highest BCUT2D eigenvalue weighted by molar-refractivity contribution is 4.78. The van der Waals surface area contributed by atoms with Crippen LogP contribution in [0.15, 0.2) is 12.8 Å². The third kappa shape index (κ3) is 6.86. The normalized spacial score (nSPS) is 18.8. The first kappa shape index (κ1) is 15.3. The van der Waals surface area contributed by atoms with Crippen molar-refractivity contribution in [3.63, 3.8) is 0 Å². The molecule has 1 rings (SSSR count). The fraction of sp³-hybridized carbons (Fsp3) is 0.833. The average molecular weight is 266 g/mol. The van der Waals surface area contributed by atoms with E-state index in [1.807, 2.05) is 0 Å². The van der Waals surface area contributed by atoms with Gasteiger partial charge in [0.25, 0.3) is 0 Å². The summed E-state index contributed by atoms with van der Waals surface area (Å²) in [7, 11) is 0. The maximum absolute atomic E-state index is 12.2. The zero-order chi connectivity index (χ0) is 13.4. The predicted octanol–water partition coefficient (Wildman–Crippen LogP) is 2.15. The Morgan fingerprint density at radius 1 is 1.33 bits per heavy atom. The Kier molecular flexibility index (Phi) is 6.49. The van der Waals surface area contributed by atoms with Gasteiger partial charge in [0, 0.05) is 6.04 Å². The number of rotatable bonds is 7.